The summed E-state index contributed by atoms with van der Waals surface area (Å²) >= 11 is 12.0. The van der Waals surface area contributed by atoms with Crippen molar-refractivity contribution in [3.05, 3.63) is 58.1 Å². The molecule has 3 aromatic rings. The Morgan fingerprint density at radius 1 is 1.00 bits per heavy atom. The molecule has 11 heteroatoms. The van der Waals surface area contributed by atoms with Crippen molar-refractivity contribution in [2.45, 2.75) is 24.2 Å². The van der Waals surface area contributed by atoms with Crippen molar-refractivity contribution >= 4 is 45.1 Å². The van der Waals surface area contributed by atoms with Crippen molar-refractivity contribution in [2.24, 2.45) is 0 Å². The molecule has 1 aromatic heterocycles. The lowest BCUT2D eigenvalue weighted by Crippen LogP contribution is -2.35. The van der Waals surface area contributed by atoms with Crippen LogP contribution in [0.15, 0.2) is 51.8 Å². The summed E-state index contributed by atoms with van der Waals surface area (Å²) in [4.78, 5) is 12.6. The summed E-state index contributed by atoms with van der Waals surface area (Å²) in [5.74, 6) is -0.390. The predicted octanol–water partition coefficient (Wildman–Crippen LogP) is 4.47. The first-order chi connectivity index (χ1) is 14.8. The van der Waals surface area contributed by atoms with Gasteiger partial charge in [0.05, 0.1) is 15.5 Å². The van der Waals surface area contributed by atoms with Crippen LogP contribution in [-0.4, -0.2) is 41.9 Å². The fourth-order valence-electron chi connectivity index (χ4n) is 3.25. The van der Waals surface area contributed by atoms with E-state index in [4.69, 9.17) is 27.6 Å². The van der Waals surface area contributed by atoms with Gasteiger partial charge in [-0.15, -0.1) is 5.10 Å². The van der Waals surface area contributed by atoms with Crippen LogP contribution in [0.4, 0.5) is 6.01 Å². The number of sulfonamides is 1. The number of benzene rings is 2. The minimum Gasteiger partial charge on any atom is -0.403 e. The molecule has 0 bridgehead atoms. The number of aromatic nitrogens is 2. The maximum Gasteiger partial charge on any atom is 0.322 e. The smallest absolute Gasteiger partial charge is 0.322 e. The largest absolute Gasteiger partial charge is 0.403 e. The predicted molar refractivity (Wildman–Crippen MR) is 117 cm³/mol. The first kappa shape index (κ1) is 21.8. The Labute approximate surface area is 189 Å². The van der Waals surface area contributed by atoms with Crippen LogP contribution in [0.1, 0.15) is 29.6 Å². The summed E-state index contributed by atoms with van der Waals surface area (Å²) in [5.41, 5.74) is 0.730. The lowest BCUT2D eigenvalue weighted by atomic mass is 10.2. The molecule has 31 heavy (non-hydrogen) atoms. The van der Waals surface area contributed by atoms with Gasteiger partial charge in [-0.05, 0) is 55.3 Å². The number of halogens is 2. The number of piperidine rings is 1. The maximum absolute atomic E-state index is 12.7. The van der Waals surface area contributed by atoms with Crippen LogP contribution >= 0.6 is 23.2 Å². The van der Waals surface area contributed by atoms with Crippen molar-refractivity contribution in [1.82, 2.24) is 14.5 Å². The summed E-state index contributed by atoms with van der Waals surface area (Å²) in [6, 6.07) is 10.4. The SMILES string of the molecule is O=C(Nc1nnc(-c2ccc(Cl)cc2Cl)o1)c1ccc(S(=O)(=O)N2CCCCC2)cc1. The Bertz CT molecular complexity index is 1210. The normalized spacial score (nSPS) is 15.0. The zero-order chi connectivity index (χ0) is 22.0. The van der Waals surface area contributed by atoms with Gasteiger partial charge in [0.1, 0.15) is 0 Å². The van der Waals surface area contributed by atoms with Crippen molar-refractivity contribution in [3.8, 4) is 11.5 Å². The van der Waals surface area contributed by atoms with Crippen molar-refractivity contribution < 1.29 is 17.6 Å². The van der Waals surface area contributed by atoms with Crippen LogP contribution in [0.25, 0.3) is 11.5 Å². The molecule has 1 aliphatic rings. The molecule has 0 atom stereocenters. The first-order valence-corrected chi connectivity index (χ1v) is 11.7. The van der Waals surface area contributed by atoms with Gasteiger partial charge in [-0.2, -0.15) is 4.31 Å². The second-order valence-corrected chi connectivity index (χ2v) is 9.76. The highest BCUT2D eigenvalue weighted by molar-refractivity contribution is 7.89. The molecule has 2 heterocycles. The number of nitrogens with one attached hydrogen (secondary N) is 1. The van der Waals surface area contributed by atoms with E-state index < -0.39 is 15.9 Å². The molecule has 0 aliphatic carbocycles. The third-order valence-corrected chi connectivity index (χ3v) is 7.34. The number of carbonyl (C=O) groups excluding carboxylic acids is 1. The van der Waals surface area contributed by atoms with Crippen molar-refractivity contribution in [2.75, 3.05) is 18.4 Å². The molecular formula is C20H18Cl2N4O4S. The van der Waals surface area contributed by atoms with Gasteiger partial charge in [-0.1, -0.05) is 34.7 Å². The van der Waals surface area contributed by atoms with Gasteiger partial charge < -0.3 is 4.42 Å². The maximum atomic E-state index is 12.7. The molecule has 0 radical (unpaired) electrons. The van der Waals surface area contributed by atoms with E-state index in [1.807, 2.05) is 0 Å². The Kier molecular flexibility index (Phi) is 6.29. The van der Waals surface area contributed by atoms with Gasteiger partial charge in [0.15, 0.2) is 0 Å². The van der Waals surface area contributed by atoms with Gasteiger partial charge in [-0.3, -0.25) is 10.1 Å². The van der Waals surface area contributed by atoms with E-state index >= 15 is 0 Å². The van der Waals surface area contributed by atoms with E-state index in [0.29, 0.717) is 28.7 Å². The van der Waals surface area contributed by atoms with E-state index in [1.165, 1.54) is 28.6 Å². The Morgan fingerprint density at radius 2 is 1.71 bits per heavy atom. The highest BCUT2D eigenvalue weighted by Crippen LogP contribution is 2.30. The molecule has 0 spiro atoms. The second-order valence-electron chi connectivity index (χ2n) is 6.98. The summed E-state index contributed by atoms with van der Waals surface area (Å²) in [7, 11) is -3.56. The van der Waals surface area contributed by atoms with Gasteiger partial charge in [-0.25, -0.2) is 8.42 Å². The minimum atomic E-state index is -3.56. The molecule has 4 rings (SSSR count). The lowest BCUT2D eigenvalue weighted by Gasteiger charge is -2.25. The lowest BCUT2D eigenvalue weighted by molar-refractivity contribution is 0.102. The standard InChI is InChI=1S/C20H18Cl2N4O4S/c21-14-6-9-16(17(22)12-14)19-24-25-20(30-19)23-18(27)13-4-7-15(8-5-13)31(28,29)26-10-2-1-3-11-26/h4-9,12H,1-3,10-11H2,(H,23,25,27). The molecule has 162 valence electrons. The van der Waals surface area contributed by atoms with E-state index in [1.54, 1.807) is 18.2 Å². The molecule has 1 N–H and O–H groups in total. The third-order valence-electron chi connectivity index (χ3n) is 4.88. The zero-order valence-corrected chi connectivity index (χ0v) is 18.5. The Hall–Kier alpha value is -2.46. The van der Waals surface area contributed by atoms with E-state index in [9.17, 15) is 13.2 Å². The number of hydrogen-bond donors (Lipinski definition) is 1. The minimum absolute atomic E-state index is 0.115. The van der Waals surface area contributed by atoms with Crippen LogP contribution in [-0.2, 0) is 10.0 Å². The van der Waals surface area contributed by atoms with E-state index in [0.717, 1.165) is 19.3 Å². The molecule has 2 aromatic carbocycles. The summed E-state index contributed by atoms with van der Waals surface area (Å²) in [5, 5.41) is 11.0. The van der Waals surface area contributed by atoms with Crippen LogP contribution in [0.5, 0.6) is 0 Å². The monoisotopic (exact) mass is 480 g/mol. The van der Waals surface area contributed by atoms with Gasteiger partial charge in [0, 0.05) is 23.7 Å². The highest BCUT2D eigenvalue weighted by atomic mass is 35.5. The van der Waals surface area contributed by atoms with E-state index in [2.05, 4.69) is 15.5 Å². The number of amides is 1. The van der Waals surface area contributed by atoms with Crippen LogP contribution in [0.3, 0.4) is 0 Å². The average molecular weight is 481 g/mol. The molecule has 0 saturated carbocycles. The molecule has 0 unspecified atom stereocenters. The van der Waals surface area contributed by atoms with Crippen LogP contribution in [0, 0.1) is 0 Å². The summed E-state index contributed by atoms with van der Waals surface area (Å²) in [6.45, 7) is 1.03. The number of rotatable bonds is 5. The first-order valence-electron chi connectivity index (χ1n) is 9.55. The Balaban J connectivity index is 1.46. The Morgan fingerprint density at radius 3 is 2.39 bits per heavy atom. The van der Waals surface area contributed by atoms with Crippen LogP contribution in [0.2, 0.25) is 10.0 Å². The molecule has 1 fully saturated rings. The fourth-order valence-corrected chi connectivity index (χ4v) is 5.25. The summed E-state index contributed by atoms with van der Waals surface area (Å²) < 4.78 is 32.4. The average Bonchev–Trinajstić information content (AvgIpc) is 3.22. The number of carbonyl (C=O) groups is 1. The number of hydrogen-bond acceptors (Lipinski definition) is 6. The van der Waals surface area contributed by atoms with Crippen molar-refractivity contribution in [1.29, 1.82) is 0 Å². The third kappa shape index (κ3) is 4.74. The van der Waals surface area contributed by atoms with Crippen molar-refractivity contribution in [3.63, 3.8) is 0 Å². The number of anilines is 1. The van der Waals surface area contributed by atoms with Gasteiger partial charge in [0.2, 0.25) is 10.0 Å². The topological polar surface area (TPSA) is 105 Å². The molecule has 8 nitrogen and oxygen atoms in total. The molecule has 1 amide bonds. The molecule has 1 saturated heterocycles. The van der Waals surface area contributed by atoms with Gasteiger partial charge in [0.25, 0.3) is 11.8 Å². The van der Waals surface area contributed by atoms with E-state index in [-0.39, 0.29) is 22.4 Å². The quantitative estimate of drug-likeness (QED) is 0.577. The highest BCUT2D eigenvalue weighted by Gasteiger charge is 2.26. The zero-order valence-electron chi connectivity index (χ0n) is 16.2. The molecule has 1 aliphatic heterocycles. The number of nitrogens with zero attached hydrogens (tertiary/aromatic N) is 3. The van der Waals surface area contributed by atoms with Crippen LogP contribution < -0.4 is 5.32 Å². The van der Waals surface area contributed by atoms with Gasteiger partial charge >= 0.3 is 6.01 Å². The second kappa shape index (κ2) is 8.96. The summed E-state index contributed by atoms with van der Waals surface area (Å²) in [6.07, 6.45) is 2.74. The fraction of sp³-hybridized carbons (Fsp3) is 0.250. The molecular weight excluding hydrogens is 463 g/mol.